The van der Waals surface area contributed by atoms with E-state index in [0.29, 0.717) is 22.6 Å². The molecule has 0 saturated carbocycles. The summed E-state index contributed by atoms with van der Waals surface area (Å²) in [5, 5.41) is 0. The monoisotopic (exact) mass is 373 g/mol. The molecule has 1 atom stereocenters. The molecule has 2 aliphatic heterocycles. The van der Waals surface area contributed by atoms with Gasteiger partial charge in [-0.05, 0) is 40.2 Å². The smallest absolute Gasteiger partial charge is 0.261 e. The second kappa shape index (κ2) is 5.38. The van der Waals surface area contributed by atoms with Crippen LogP contribution in [0.3, 0.4) is 0 Å². The molecule has 0 radical (unpaired) electrons. The van der Waals surface area contributed by atoms with Crippen LogP contribution in [0, 0.1) is 0 Å². The minimum absolute atomic E-state index is 0.160. The normalized spacial score (nSPS) is 19.0. The minimum Gasteiger partial charge on any atom is -0.486 e. The van der Waals surface area contributed by atoms with Gasteiger partial charge in [-0.1, -0.05) is 18.2 Å². The molecular weight excluding hydrogens is 362 g/mol. The Balaban J connectivity index is 1.56. The first-order chi connectivity index (χ1) is 11.1. The van der Waals surface area contributed by atoms with Crippen molar-refractivity contribution in [1.29, 1.82) is 0 Å². The lowest BCUT2D eigenvalue weighted by Gasteiger charge is -2.29. The topological polar surface area (TPSA) is 55.8 Å². The van der Waals surface area contributed by atoms with Gasteiger partial charge in [-0.3, -0.25) is 14.5 Å². The molecule has 2 aromatic rings. The van der Waals surface area contributed by atoms with Crippen LogP contribution in [0.15, 0.2) is 46.9 Å². The van der Waals surface area contributed by atoms with E-state index in [1.807, 2.05) is 18.2 Å². The van der Waals surface area contributed by atoms with Crippen molar-refractivity contribution >= 4 is 27.7 Å². The van der Waals surface area contributed by atoms with E-state index >= 15 is 0 Å². The Labute approximate surface area is 140 Å². The SMILES string of the molecule is O=C1c2ccccc2C(=O)N1C[C@@H]1COc2cccc(Br)c2O1. The molecule has 5 nitrogen and oxygen atoms in total. The molecule has 2 aromatic carbocycles. The number of amides is 2. The van der Waals surface area contributed by atoms with Crippen molar-refractivity contribution in [1.82, 2.24) is 4.90 Å². The highest BCUT2D eigenvalue weighted by Gasteiger charge is 2.38. The summed E-state index contributed by atoms with van der Waals surface area (Å²) in [4.78, 5) is 26.0. The van der Waals surface area contributed by atoms with Gasteiger partial charge < -0.3 is 9.47 Å². The molecule has 4 rings (SSSR count). The fourth-order valence-electron chi connectivity index (χ4n) is 2.80. The van der Waals surface area contributed by atoms with Gasteiger partial charge in [0, 0.05) is 0 Å². The van der Waals surface area contributed by atoms with Gasteiger partial charge in [0.25, 0.3) is 11.8 Å². The zero-order valence-electron chi connectivity index (χ0n) is 12.0. The van der Waals surface area contributed by atoms with Crippen LogP contribution in [0.4, 0.5) is 0 Å². The molecule has 2 heterocycles. The predicted octanol–water partition coefficient (Wildman–Crippen LogP) is 2.89. The highest BCUT2D eigenvalue weighted by molar-refractivity contribution is 9.10. The number of carbonyl (C=O) groups is 2. The molecule has 6 heteroatoms. The van der Waals surface area contributed by atoms with E-state index in [4.69, 9.17) is 9.47 Å². The maximum Gasteiger partial charge on any atom is 0.261 e. The van der Waals surface area contributed by atoms with Gasteiger partial charge in [-0.2, -0.15) is 0 Å². The highest BCUT2D eigenvalue weighted by atomic mass is 79.9. The number of carbonyl (C=O) groups excluding carboxylic acids is 2. The van der Waals surface area contributed by atoms with Crippen LogP contribution in [0.2, 0.25) is 0 Å². The number of hydrogen-bond donors (Lipinski definition) is 0. The lowest BCUT2D eigenvalue weighted by atomic mass is 10.1. The number of para-hydroxylation sites is 1. The summed E-state index contributed by atoms with van der Waals surface area (Å²) in [6, 6.07) is 12.4. The van der Waals surface area contributed by atoms with Crippen molar-refractivity contribution in [3.05, 3.63) is 58.1 Å². The molecule has 0 spiro atoms. The number of imide groups is 1. The fraction of sp³-hybridized carbons (Fsp3) is 0.176. The Hall–Kier alpha value is -2.34. The number of halogens is 1. The molecular formula is C17H12BrNO4. The average Bonchev–Trinajstić information content (AvgIpc) is 2.81. The lowest BCUT2D eigenvalue weighted by molar-refractivity contribution is 0.0427. The standard InChI is InChI=1S/C17H12BrNO4/c18-13-6-3-7-14-15(13)23-10(9-22-14)8-19-16(20)11-4-1-2-5-12(11)17(19)21/h1-7,10H,8-9H2/t10-/m1/s1. The number of ether oxygens (including phenoxy) is 2. The van der Waals surface area contributed by atoms with Crippen molar-refractivity contribution in [3.8, 4) is 11.5 Å². The number of rotatable bonds is 2. The summed E-state index contributed by atoms with van der Waals surface area (Å²) >= 11 is 3.42. The first-order valence-electron chi connectivity index (χ1n) is 7.18. The van der Waals surface area contributed by atoms with Crippen molar-refractivity contribution in [2.24, 2.45) is 0 Å². The summed E-state index contributed by atoms with van der Waals surface area (Å²) in [6.07, 6.45) is -0.400. The molecule has 0 unspecified atom stereocenters. The van der Waals surface area contributed by atoms with Crippen LogP contribution >= 0.6 is 15.9 Å². The van der Waals surface area contributed by atoms with Crippen molar-refractivity contribution in [2.45, 2.75) is 6.10 Å². The Morgan fingerprint density at radius 2 is 1.74 bits per heavy atom. The fourth-order valence-corrected chi connectivity index (χ4v) is 3.24. The van der Waals surface area contributed by atoms with Crippen molar-refractivity contribution < 1.29 is 19.1 Å². The van der Waals surface area contributed by atoms with Gasteiger partial charge in [-0.15, -0.1) is 0 Å². The van der Waals surface area contributed by atoms with E-state index in [1.54, 1.807) is 24.3 Å². The molecule has 2 amide bonds. The molecule has 23 heavy (non-hydrogen) atoms. The minimum atomic E-state index is -0.400. The number of benzene rings is 2. The third-order valence-electron chi connectivity index (χ3n) is 3.90. The first-order valence-corrected chi connectivity index (χ1v) is 7.97. The highest BCUT2D eigenvalue weighted by Crippen LogP contribution is 2.38. The van der Waals surface area contributed by atoms with Gasteiger partial charge in [0.2, 0.25) is 0 Å². The van der Waals surface area contributed by atoms with Gasteiger partial charge in [-0.25, -0.2) is 0 Å². The summed E-state index contributed by atoms with van der Waals surface area (Å²) < 4.78 is 12.4. The van der Waals surface area contributed by atoms with Crippen LogP contribution < -0.4 is 9.47 Å². The maximum atomic E-state index is 12.4. The van der Waals surface area contributed by atoms with Crippen LogP contribution in [0.5, 0.6) is 11.5 Å². The van der Waals surface area contributed by atoms with E-state index in [2.05, 4.69) is 15.9 Å². The van der Waals surface area contributed by atoms with Gasteiger partial charge >= 0.3 is 0 Å². The van der Waals surface area contributed by atoms with Crippen LogP contribution in [0.1, 0.15) is 20.7 Å². The summed E-state index contributed by atoms with van der Waals surface area (Å²) in [6.45, 7) is 0.448. The summed E-state index contributed by atoms with van der Waals surface area (Å²) in [7, 11) is 0. The third-order valence-corrected chi connectivity index (χ3v) is 4.53. The number of nitrogens with zero attached hydrogens (tertiary/aromatic N) is 1. The lowest BCUT2D eigenvalue weighted by Crippen LogP contribution is -2.43. The Kier molecular flexibility index (Phi) is 3.34. The summed E-state index contributed by atoms with van der Waals surface area (Å²) in [5.74, 6) is 0.678. The maximum absolute atomic E-state index is 12.4. The predicted molar refractivity (Wildman–Crippen MR) is 85.9 cm³/mol. The summed E-state index contributed by atoms with van der Waals surface area (Å²) in [5.41, 5.74) is 0.881. The van der Waals surface area contributed by atoms with Crippen LogP contribution in [-0.4, -0.2) is 36.0 Å². The second-order valence-electron chi connectivity index (χ2n) is 5.38. The van der Waals surface area contributed by atoms with E-state index in [9.17, 15) is 9.59 Å². The second-order valence-corrected chi connectivity index (χ2v) is 6.24. The van der Waals surface area contributed by atoms with E-state index in [-0.39, 0.29) is 25.0 Å². The first kappa shape index (κ1) is 14.3. The van der Waals surface area contributed by atoms with Crippen LogP contribution in [0.25, 0.3) is 0 Å². The van der Waals surface area contributed by atoms with Gasteiger partial charge in [0.1, 0.15) is 6.61 Å². The number of hydrogen-bond acceptors (Lipinski definition) is 4. The van der Waals surface area contributed by atoms with E-state index in [0.717, 1.165) is 4.47 Å². The molecule has 116 valence electrons. The Morgan fingerprint density at radius 3 is 2.43 bits per heavy atom. The molecule has 0 saturated heterocycles. The largest absolute Gasteiger partial charge is 0.486 e. The average molecular weight is 374 g/mol. The molecule has 0 aromatic heterocycles. The molecule has 0 N–H and O–H groups in total. The van der Waals surface area contributed by atoms with Gasteiger partial charge in [0.15, 0.2) is 17.6 Å². The Morgan fingerprint density at radius 1 is 1.04 bits per heavy atom. The third kappa shape index (κ3) is 2.30. The van der Waals surface area contributed by atoms with E-state index < -0.39 is 6.10 Å². The zero-order chi connectivity index (χ0) is 16.0. The van der Waals surface area contributed by atoms with Crippen molar-refractivity contribution in [3.63, 3.8) is 0 Å². The van der Waals surface area contributed by atoms with Crippen molar-refractivity contribution in [2.75, 3.05) is 13.2 Å². The Bertz CT molecular complexity index is 785. The number of fused-ring (bicyclic) bond motifs is 2. The molecule has 0 aliphatic carbocycles. The quantitative estimate of drug-likeness (QED) is 0.759. The molecule has 2 aliphatic rings. The molecule has 0 bridgehead atoms. The van der Waals surface area contributed by atoms with E-state index in [1.165, 1.54) is 4.90 Å². The molecule has 0 fully saturated rings. The van der Waals surface area contributed by atoms with Gasteiger partial charge in [0.05, 0.1) is 22.1 Å². The zero-order valence-corrected chi connectivity index (χ0v) is 13.6. The van der Waals surface area contributed by atoms with Crippen LogP contribution in [-0.2, 0) is 0 Å².